The molecule has 1 aliphatic heterocycles. The van der Waals surface area contributed by atoms with Crippen LogP contribution in [0.5, 0.6) is 0 Å². The van der Waals surface area contributed by atoms with Crippen LogP contribution in [0.1, 0.15) is 19.3 Å². The van der Waals surface area contributed by atoms with Gasteiger partial charge in [0.25, 0.3) is 0 Å². The zero-order valence-corrected chi connectivity index (χ0v) is 13.5. The standard InChI is InChI=1S/C14H18N2O3S2/c1-21(17,18)12-7-4-6-11-13(12)15-14(20)16(11)9-10-5-2-3-8-19-10/h4,6-7,10H,2-3,5,8-9H2,1H3,(H,15,20). The van der Waals surface area contributed by atoms with Crippen molar-refractivity contribution in [3.8, 4) is 0 Å². The van der Waals surface area contributed by atoms with Crippen molar-refractivity contribution in [1.29, 1.82) is 0 Å². The highest BCUT2D eigenvalue weighted by Gasteiger charge is 2.19. The number of sulfone groups is 1. The molecule has 5 nitrogen and oxygen atoms in total. The normalized spacial score (nSPS) is 20.0. The van der Waals surface area contributed by atoms with Crippen molar-refractivity contribution < 1.29 is 13.2 Å². The molecule has 1 N–H and O–H groups in total. The molecule has 2 aromatic rings. The number of para-hydroxylation sites is 1. The van der Waals surface area contributed by atoms with Crippen molar-refractivity contribution in [2.75, 3.05) is 12.9 Å². The molecule has 0 amide bonds. The number of nitrogens with one attached hydrogen (secondary N) is 1. The number of imidazole rings is 1. The van der Waals surface area contributed by atoms with E-state index in [9.17, 15) is 8.42 Å². The summed E-state index contributed by atoms with van der Waals surface area (Å²) >= 11 is 5.36. The van der Waals surface area contributed by atoms with E-state index in [2.05, 4.69) is 4.98 Å². The van der Waals surface area contributed by atoms with Gasteiger partial charge in [-0.25, -0.2) is 8.42 Å². The van der Waals surface area contributed by atoms with Crippen LogP contribution in [-0.2, 0) is 21.1 Å². The minimum atomic E-state index is -3.29. The summed E-state index contributed by atoms with van der Waals surface area (Å²) in [7, 11) is -3.29. The van der Waals surface area contributed by atoms with Crippen LogP contribution in [0.3, 0.4) is 0 Å². The number of H-pyrrole nitrogens is 1. The van der Waals surface area contributed by atoms with E-state index in [1.807, 2.05) is 10.6 Å². The third kappa shape index (κ3) is 2.90. The van der Waals surface area contributed by atoms with Crippen LogP contribution >= 0.6 is 12.2 Å². The maximum Gasteiger partial charge on any atom is 0.178 e. The number of fused-ring (bicyclic) bond motifs is 1. The molecule has 1 aromatic carbocycles. The van der Waals surface area contributed by atoms with Gasteiger partial charge < -0.3 is 14.3 Å². The molecule has 2 heterocycles. The maximum atomic E-state index is 11.9. The SMILES string of the molecule is CS(=O)(=O)c1cccc2c1[nH]c(=S)n2CC1CCCCO1. The lowest BCUT2D eigenvalue weighted by atomic mass is 10.1. The van der Waals surface area contributed by atoms with E-state index in [1.165, 1.54) is 6.26 Å². The summed E-state index contributed by atoms with van der Waals surface area (Å²) in [5, 5.41) is 0. The van der Waals surface area contributed by atoms with Gasteiger partial charge in [-0.1, -0.05) is 6.07 Å². The highest BCUT2D eigenvalue weighted by Crippen LogP contribution is 2.24. The molecule has 21 heavy (non-hydrogen) atoms. The van der Waals surface area contributed by atoms with Gasteiger partial charge in [-0.3, -0.25) is 0 Å². The molecule has 7 heteroatoms. The molecule has 114 valence electrons. The molecule has 1 aliphatic rings. The first-order valence-electron chi connectivity index (χ1n) is 7.00. The average Bonchev–Trinajstić information content (AvgIpc) is 2.75. The second-order valence-corrected chi connectivity index (χ2v) is 7.82. The number of nitrogens with zero attached hydrogens (tertiary/aromatic N) is 1. The zero-order valence-electron chi connectivity index (χ0n) is 11.8. The first-order valence-corrected chi connectivity index (χ1v) is 9.30. The average molecular weight is 326 g/mol. The molecule has 0 aliphatic carbocycles. The smallest absolute Gasteiger partial charge is 0.178 e. The third-order valence-electron chi connectivity index (χ3n) is 3.83. The number of aromatic nitrogens is 2. The first-order chi connectivity index (χ1) is 9.97. The van der Waals surface area contributed by atoms with Gasteiger partial charge in [0.2, 0.25) is 0 Å². The van der Waals surface area contributed by atoms with E-state index >= 15 is 0 Å². The molecule has 0 spiro atoms. The fourth-order valence-electron chi connectivity index (χ4n) is 2.80. The monoisotopic (exact) mass is 326 g/mol. The predicted molar refractivity (Wildman–Crippen MR) is 83.8 cm³/mol. The number of rotatable bonds is 3. The molecule has 0 radical (unpaired) electrons. The van der Waals surface area contributed by atoms with E-state index in [0.717, 1.165) is 31.4 Å². The summed E-state index contributed by atoms with van der Waals surface area (Å²) in [6, 6.07) is 5.24. The second-order valence-electron chi connectivity index (χ2n) is 5.45. The van der Waals surface area contributed by atoms with Crippen LogP contribution in [0.2, 0.25) is 0 Å². The molecule has 3 rings (SSSR count). The predicted octanol–water partition coefficient (Wildman–Crippen LogP) is 2.67. The van der Waals surface area contributed by atoms with Crippen molar-refractivity contribution in [2.45, 2.75) is 36.8 Å². The Hall–Kier alpha value is -1.18. The van der Waals surface area contributed by atoms with Crippen LogP contribution < -0.4 is 0 Å². The molecule has 0 bridgehead atoms. The molecular formula is C14H18N2O3S2. The number of ether oxygens (including phenoxy) is 1. The Kier molecular flexibility index (Phi) is 3.90. The Morgan fingerprint density at radius 2 is 2.24 bits per heavy atom. The lowest BCUT2D eigenvalue weighted by Gasteiger charge is -2.23. The van der Waals surface area contributed by atoms with Crippen molar-refractivity contribution in [1.82, 2.24) is 9.55 Å². The molecule has 1 aromatic heterocycles. The maximum absolute atomic E-state index is 11.9. The van der Waals surface area contributed by atoms with Crippen LogP contribution in [-0.4, -0.2) is 36.9 Å². The van der Waals surface area contributed by atoms with Gasteiger partial charge in [-0.05, 0) is 43.6 Å². The first kappa shape index (κ1) is 14.7. The Morgan fingerprint density at radius 1 is 1.43 bits per heavy atom. The minimum absolute atomic E-state index is 0.145. The van der Waals surface area contributed by atoms with E-state index in [4.69, 9.17) is 17.0 Å². The number of aromatic amines is 1. The highest BCUT2D eigenvalue weighted by molar-refractivity contribution is 7.91. The van der Waals surface area contributed by atoms with Crippen molar-refractivity contribution in [3.63, 3.8) is 0 Å². The Bertz CT molecular complexity index is 814. The Balaban J connectivity index is 2.07. The molecule has 1 saturated heterocycles. The van der Waals surface area contributed by atoms with Gasteiger partial charge in [0.15, 0.2) is 14.6 Å². The molecular weight excluding hydrogens is 308 g/mol. The molecule has 1 unspecified atom stereocenters. The molecule has 0 saturated carbocycles. The number of benzene rings is 1. The van der Waals surface area contributed by atoms with E-state index < -0.39 is 9.84 Å². The van der Waals surface area contributed by atoms with Crippen LogP contribution in [0.25, 0.3) is 11.0 Å². The van der Waals surface area contributed by atoms with Gasteiger partial charge in [-0.15, -0.1) is 0 Å². The van der Waals surface area contributed by atoms with Gasteiger partial charge in [0.05, 0.1) is 28.6 Å². The van der Waals surface area contributed by atoms with Crippen molar-refractivity contribution in [2.24, 2.45) is 0 Å². The summed E-state index contributed by atoms with van der Waals surface area (Å²) in [6.45, 7) is 1.45. The van der Waals surface area contributed by atoms with Crippen LogP contribution in [0, 0.1) is 4.77 Å². The molecule has 1 fully saturated rings. The lowest BCUT2D eigenvalue weighted by Crippen LogP contribution is -2.24. The lowest BCUT2D eigenvalue weighted by molar-refractivity contribution is 0.00641. The fraction of sp³-hybridized carbons (Fsp3) is 0.500. The zero-order chi connectivity index (χ0) is 15.0. The second kappa shape index (κ2) is 5.55. The van der Waals surface area contributed by atoms with E-state index in [-0.39, 0.29) is 11.0 Å². The van der Waals surface area contributed by atoms with Crippen molar-refractivity contribution >= 4 is 33.1 Å². The molecule has 1 atom stereocenters. The largest absolute Gasteiger partial charge is 0.376 e. The van der Waals surface area contributed by atoms with Gasteiger partial charge >= 0.3 is 0 Å². The summed E-state index contributed by atoms with van der Waals surface area (Å²) in [5.74, 6) is 0. The summed E-state index contributed by atoms with van der Waals surface area (Å²) in [6.07, 6.45) is 4.63. The Morgan fingerprint density at radius 3 is 2.90 bits per heavy atom. The van der Waals surface area contributed by atoms with Gasteiger partial charge in [0, 0.05) is 12.9 Å². The summed E-state index contributed by atoms with van der Waals surface area (Å²) in [5.41, 5.74) is 1.40. The summed E-state index contributed by atoms with van der Waals surface area (Å²) in [4.78, 5) is 3.32. The fourth-order valence-corrected chi connectivity index (χ4v) is 3.93. The minimum Gasteiger partial charge on any atom is -0.376 e. The van der Waals surface area contributed by atoms with Crippen LogP contribution in [0.4, 0.5) is 0 Å². The van der Waals surface area contributed by atoms with Gasteiger partial charge in [-0.2, -0.15) is 0 Å². The number of hydrogen-bond donors (Lipinski definition) is 1. The van der Waals surface area contributed by atoms with Crippen molar-refractivity contribution in [3.05, 3.63) is 23.0 Å². The van der Waals surface area contributed by atoms with E-state index in [1.54, 1.807) is 12.1 Å². The Labute approximate surface area is 128 Å². The highest BCUT2D eigenvalue weighted by atomic mass is 32.2. The number of hydrogen-bond acceptors (Lipinski definition) is 4. The van der Waals surface area contributed by atoms with E-state index in [0.29, 0.717) is 16.8 Å². The van der Waals surface area contributed by atoms with Crippen LogP contribution in [0.15, 0.2) is 23.1 Å². The third-order valence-corrected chi connectivity index (χ3v) is 5.29. The van der Waals surface area contributed by atoms with Gasteiger partial charge in [0.1, 0.15) is 0 Å². The topological polar surface area (TPSA) is 64.1 Å². The summed E-state index contributed by atoms with van der Waals surface area (Å²) < 4.78 is 32.0. The quantitative estimate of drug-likeness (QED) is 0.881.